The summed E-state index contributed by atoms with van der Waals surface area (Å²) in [6.45, 7) is 4.42. The van der Waals surface area contributed by atoms with Crippen LogP contribution in [0.3, 0.4) is 0 Å². The van der Waals surface area contributed by atoms with Gasteiger partial charge < -0.3 is 5.11 Å². The zero-order chi connectivity index (χ0) is 23.0. The summed E-state index contributed by atoms with van der Waals surface area (Å²) in [5, 5.41) is 12.5. The lowest BCUT2D eigenvalue weighted by atomic mass is 10.0. The molecular weight excluding hydrogens is 424 g/mol. The Morgan fingerprint density at radius 1 is 1.09 bits per heavy atom. The zero-order valence-corrected chi connectivity index (χ0v) is 19.2. The van der Waals surface area contributed by atoms with Gasteiger partial charge in [0.25, 0.3) is 5.56 Å². The van der Waals surface area contributed by atoms with Crippen LogP contribution in [0, 0.1) is 5.92 Å². The molecule has 1 unspecified atom stereocenters. The first kappa shape index (κ1) is 22.1. The first-order valence-electron chi connectivity index (χ1n) is 10.4. The van der Waals surface area contributed by atoms with Gasteiger partial charge in [-0.3, -0.25) is 13.9 Å². The van der Waals surface area contributed by atoms with Crippen LogP contribution in [0.5, 0.6) is 0 Å². The summed E-state index contributed by atoms with van der Waals surface area (Å²) in [5.41, 5.74) is 1.16. The first-order chi connectivity index (χ1) is 15.3. The molecule has 0 saturated carbocycles. The van der Waals surface area contributed by atoms with Crippen LogP contribution in [-0.2, 0) is 20.0 Å². The fraction of sp³-hybridized carbons (Fsp3) is 0.292. The average molecular weight is 451 g/mol. The van der Waals surface area contributed by atoms with Crippen LogP contribution in [0.25, 0.3) is 21.9 Å². The van der Waals surface area contributed by atoms with Crippen LogP contribution in [0.15, 0.2) is 57.1 Å². The molecule has 8 heteroatoms. The lowest BCUT2D eigenvalue weighted by Crippen LogP contribution is -2.40. The van der Waals surface area contributed by atoms with Gasteiger partial charge >= 0.3 is 5.69 Å². The molecule has 0 radical (unpaired) electrons. The maximum Gasteiger partial charge on any atom is 0.332 e. The summed E-state index contributed by atoms with van der Waals surface area (Å²) < 4.78 is 2.58. The van der Waals surface area contributed by atoms with E-state index >= 15 is 0 Å². The molecule has 2 aromatic carbocycles. The molecule has 0 amide bonds. The van der Waals surface area contributed by atoms with Crippen molar-refractivity contribution in [3.8, 4) is 0 Å². The van der Waals surface area contributed by atoms with Gasteiger partial charge in [0.2, 0.25) is 0 Å². The topological polar surface area (TPSA) is 90.0 Å². The minimum atomic E-state index is -0.857. The van der Waals surface area contributed by atoms with Gasteiger partial charge in [-0.1, -0.05) is 62.2 Å². The maximum absolute atomic E-state index is 12.9. The summed E-state index contributed by atoms with van der Waals surface area (Å²) in [7, 11) is 0.590. The number of aliphatic hydroxyl groups is 1. The molecule has 2 heterocycles. The van der Waals surface area contributed by atoms with E-state index in [1.807, 2.05) is 38.1 Å². The van der Waals surface area contributed by atoms with Crippen molar-refractivity contribution < 1.29 is 5.11 Å². The third-order valence-electron chi connectivity index (χ3n) is 5.41. The molecule has 0 spiro atoms. The molecule has 2 aromatic heterocycles. The molecule has 0 aliphatic carbocycles. The van der Waals surface area contributed by atoms with Gasteiger partial charge in [0.05, 0.1) is 11.6 Å². The Morgan fingerprint density at radius 2 is 1.81 bits per heavy atom. The highest BCUT2D eigenvalue weighted by molar-refractivity contribution is 8.13. The SMILES string of the molecule is C=S(CO)c1nc2c(=O)n(C)c(=O)n(CC(C)C)c2nc1Cc1cccc2ccccc12. The van der Waals surface area contributed by atoms with Gasteiger partial charge in [-0.2, -0.15) is 0 Å². The summed E-state index contributed by atoms with van der Waals surface area (Å²) in [6, 6.07) is 14.2. The van der Waals surface area contributed by atoms with Crippen LogP contribution in [0.1, 0.15) is 25.1 Å². The molecule has 0 bridgehead atoms. The van der Waals surface area contributed by atoms with Crippen molar-refractivity contribution in [2.45, 2.75) is 31.8 Å². The summed E-state index contributed by atoms with van der Waals surface area (Å²) >= 11 is 0. The Labute approximate surface area is 187 Å². The van der Waals surface area contributed by atoms with Crippen molar-refractivity contribution in [3.05, 3.63) is 74.6 Å². The predicted molar refractivity (Wildman–Crippen MR) is 131 cm³/mol. The first-order valence-corrected chi connectivity index (χ1v) is 12.0. The van der Waals surface area contributed by atoms with Gasteiger partial charge in [-0.25, -0.2) is 14.8 Å². The second kappa shape index (κ2) is 8.80. The maximum atomic E-state index is 12.9. The lowest BCUT2D eigenvalue weighted by Gasteiger charge is -2.17. The minimum Gasteiger partial charge on any atom is -0.386 e. The van der Waals surface area contributed by atoms with Crippen molar-refractivity contribution in [1.82, 2.24) is 19.1 Å². The minimum absolute atomic E-state index is 0.124. The molecule has 4 aromatic rings. The molecule has 32 heavy (non-hydrogen) atoms. The molecule has 166 valence electrons. The fourth-order valence-corrected chi connectivity index (χ4v) is 4.65. The van der Waals surface area contributed by atoms with Crippen LogP contribution < -0.4 is 11.2 Å². The van der Waals surface area contributed by atoms with E-state index in [-0.39, 0.29) is 23.0 Å². The highest BCUT2D eigenvalue weighted by Gasteiger charge is 2.20. The smallest absolute Gasteiger partial charge is 0.332 e. The number of nitrogens with zero attached hydrogens (tertiary/aromatic N) is 4. The Kier molecular flexibility index (Phi) is 6.08. The second-order valence-corrected chi connectivity index (χ2v) is 9.87. The highest BCUT2D eigenvalue weighted by Crippen LogP contribution is 2.29. The highest BCUT2D eigenvalue weighted by atomic mass is 32.2. The third kappa shape index (κ3) is 3.91. The van der Waals surface area contributed by atoms with Crippen LogP contribution in [-0.4, -0.2) is 36.0 Å². The van der Waals surface area contributed by atoms with Gasteiger partial charge in [0, 0.05) is 20.0 Å². The van der Waals surface area contributed by atoms with E-state index in [2.05, 4.69) is 29.1 Å². The van der Waals surface area contributed by atoms with E-state index in [0.29, 0.717) is 23.7 Å². The van der Waals surface area contributed by atoms with Gasteiger partial charge in [-0.05, 0) is 22.3 Å². The normalized spacial score (nSPS) is 12.7. The molecule has 1 N–H and O–H groups in total. The molecular formula is C24H26N4O3S. The molecule has 0 saturated heterocycles. The molecule has 0 aliphatic rings. The van der Waals surface area contributed by atoms with Crippen molar-refractivity contribution in [2.24, 2.45) is 13.0 Å². The monoisotopic (exact) mass is 450 g/mol. The van der Waals surface area contributed by atoms with Gasteiger partial charge in [0.15, 0.2) is 11.2 Å². The van der Waals surface area contributed by atoms with E-state index in [1.165, 1.54) is 11.6 Å². The predicted octanol–water partition coefficient (Wildman–Crippen LogP) is 2.90. The molecule has 7 nitrogen and oxygen atoms in total. The number of rotatable bonds is 6. The van der Waals surface area contributed by atoms with E-state index in [9.17, 15) is 14.7 Å². The molecule has 1 atom stereocenters. The fourth-order valence-electron chi connectivity index (χ4n) is 3.86. The summed E-state index contributed by atoms with van der Waals surface area (Å²) in [5.74, 6) is 4.01. The van der Waals surface area contributed by atoms with Crippen molar-refractivity contribution >= 4 is 38.3 Å². The Morgan fingerprint density at radius 3 is 2.53 bits per heavy atom. The standard InChI is InChI=1S/C24H26N4O3S/c1-15(2)13-28-21-20(23(30)27(3)24(28)31)26-22(32(4)14-29)19(25-21)12-17-10-7-9-16-8-5-6-11-18(16)17/h5-11,15,29H,4,12-14H2,1-3H3. The summed E-state index contributed by atoms with van der Waals surface area (Å²) in [6.07, 6.45) is 0.448. The number of hydrogen-bond donors (Lipinski definition) is 1. The van der Waals surface area contributed by atoms with Crippen molar-refractivity contribution in [1.29, 1.82) is 0 Å². The number of aromatic nitrogens is 4. The Bertz CT molecular complexity index is 1470. The van der Waals surface area contributed by atoms with Crippen molar-refractivity contribution in [2.75, 3.05) is 5.94 Å². The number of fused-ring (bicyclic) bond motifs is 2. The van der Waals surface area contributed by atoms with Crippen LogP contribution in [0.2, 0.25) is 0 Å². The Balaban J connectivity index is 2.02. The van der Waals surface area contributed by atoms with Crippen LogP contribution in [0.4, 0.5) is 0 Å². The van der Waals surface area contributed by atoms with Gasteiger partial charge in [-0.15, -0.1) is 10.5 Å². The summed E-state index contributed by atoms with van der Waals surface area (Å²) in [4.78, 5) is 35.2. The molecule has 0 aliphatic heterocycles. The quantitative estimate of drug-likeness (QED) is 0.456. The van der Waals surface area contributed by atoms with E-state index in [4.69, 9.17) is 4.98 Å². The van der Waals surface area contributed by atoms with E-state index in [0.717, 1.165) is 20.9 Å². The third-order valence-corrected chi connectivity index (χ3v) is 6.59. The van der Waals surface area contributed by atoms with E-state index in [1.54, 1.807) is 0 Å². The Hall–Kier alpha value is -3.10. The largest absolute Gasteiger partial charge is 0.386 e. The zero-order valence-electron chi connectivity index (χ0n) is 18.4. The lowest BCUT2D eigenvalue weighted by molar-refractivity contribution is 0.374. The number of hydrogen-bond acceptors (Lipinski definition) is 5. The second-order valence-electron chi connectivity index (χ2n) is 8.24. The molecule has 4 rings (SSSR count). The average Bonchev–Trinajstić information content (AvgIpc) is 2.79. The van der Waals surface area contributed by atoms with E-state index < -0.39 is 21.7 Å². The van der Waals surface area contributed by atoms with Crippen molar-refractivity contribution in [3.63, 3.8) is 0 Å². The van der Waals surface area contributed by atoms with Gasteiger partial charge in [0.1, 0.15) is 5.03 Å². The van der Waals surface area contributed by atoms with Crippen LogP contribution >= 0.6 is 10.5 Å². The molecule has 0 fully saturated rings. The number of benzene rings is 2. The number of aliphatic hydroxyl groups excluding tert-OH is 1.